The van der Waals surface area contributed by atoms with Gasteiger partial charge in [0.05, 0.1) is 6.26 Å². The molecule has 0 aliphatic heterocycles. The van der Waals surface area contributed by atoms with Crippen LogP contribution >= 0.6 is 0 Å². The summed E-state index contributed by atoms with van der Waals surface area (Å²) in [5.41, 5.74) is 0. The number of nitrogens with one attached hydrogen (secondary N) is 1. The largest absolute Gasteiger partial charge is 0.215 e. The molecule has 0 bridgehead atoms. The lowest BCUT2D eigenvalue weighted by molar-refractivity contribution is 0.444. The first kappa shape index (κ1) is 12.9. The van der Waals surface area contributed by atoms with E-state index in [1.165, 1.54) is 19.1 Å². The summed E-state index contributed by atoms with van der Waals surface area (Å²) in [4.78, 5) is 0. The van der Waals surface area contributed by atoms with Gasteiger partial charge in [0.15, 0.2) is 0 Å². The topological polar surface area (TPSA) is 46.2 Å². The fraction of sp³-hybridized carbons (Fsp3) is 1.00. The molecule has 82 valence electrons. The molecular weight excluding hydrogens is 186 g/mol. The molecule has 0 unspecified atom stereocenters. The zero-order valence-corrected chi connectivity index (χ0v) is 9.65. The average molecular weight is 209 g/mol. The fourth-order valence-electron chi connectivity index (χ4n) is 1.21. The van der Waals surface area contributed by atoms with E-state index in [2.05, 4.69) is 18.6 Å². The second kappa shape index (κ2) is 6.38. The van der Waals surface area contributed by atoms with Gasteiger partial charge >= 0.3 is 0 Å². The molecule has 0 aromatic rings. The number of rotatable bonds is 7. The van der Waals surface area contributed by atoms with Gasteiger partial charge in [-0.05, 0) is 12.3 Å². The highest BCUT2D eigenvalue weighted by Crippen LogP contribution is 2.11. The first-order valence-corrected chi connectivity index (χ1v) is 6.83. The van der Waals surface area contributed by atoms with E-state index in [1.54, 1.807) is 0 Å². The Labute approximate surface area is 83.5 Å². The molecule has 0 saturated carbocycles. The quantitative estimate of drug-likeness (QED) is 0.697. The lowest BCUT2D eigenvalue weighted by Crippen LogP contribution is -2.28. The van der Waals surface area contributed by atoms with Crippen LogP contribution in [0.15, 0.2) is 0 Å². The Balaban J connectivity index is 0. The van der Waals surface area contributed by atoms with Crippen LogP contribution in [0.2, 0.25) is 0 Å². The van der Waals surface area contributed by atoms with Gasteiger partial charge in [0, 0.05) is 7.97 Å². The van der Waals surface area contributed by atoms with Crippen LogP contribution < -0.4 is 4.72 Å². The van der Waals surface area contributed by atoms with E-state index in [0.29, 0.717) is 12.5 Å². The minimum Gasteiger partial charge on any atom is -0.215 e. The first-order chi connectivity index (χ1) is 5.99. The van der Waals surface area contributed by atoms with Crippen LogP contribution in [0.4, 0.5) is 0 Å². The molecule has 0 fully saturated rings. The molecule has 1 atom stereocenters. The standard InChI is InChI=1S/C9H21NO2S.H2/c1-4-6-7-9(5-2)8-10-13(3,11)12;/h9-10H,4-8H2,1-3H3;1H/t9-;/m1./s1. The average Bonchev–Trinajstić information content (AvgIpc) is 2.03. The van der Waals surface area contributed by atoms with Crippen molar-refractivity contribution in [3.8, 4) is 0 Å². The Morgan fingerprint density at radius 1 is 1.38 bits per heavy atom. The van der Waals surface area contributed by atoms with Crippen molar-refractivity contribution >= 4 is 10.0 Å². The molecule has 4 heteroatoms. The Kier molecular flexibility index (Phi) is 6.33. The highest BCUT2D eigenvalue weighted by atomic mass is 32.2. The third-order valence-electron chi connectivity index (χ3n) is 2.18. The van der Waals surface area contributed by atoms with E-state index in [9.17, 15) is 8.42 Å². The van der Waals surface area contributed by atoms with E-state index in [1.807, 2.05) is 0 Å². The normalized spacial score (nSPS) is 14.4. The Bertz CT molecular complexity index is 217. The smallest absolute Gasteiger partial charge is 0.208 e. The third kappa shape index (κ3) is 8.25. The van der Waals surface area contributed by atoms with E-state index < -0.39 is 10.0 Å². The van der Waals surface area contributed by atoms with Gasteiger partial charge in [0.1, 0.15) is 0 Å². The predicted molar refractivity (Wildman–Crippen MR) is 58.3 cm³/mol. The maximum Gasteiger partial charge on any atom is 0.208 e. The Hall–Kier alpha value is -0.0900. The molecule has 0 aliphatic carbocycles. The number of sulfonamides is 1. The summed E-state index contributed by atoms with van der Waals surface area (Å²) >= 11 is 0. The maximum absolute atomic E-state index is 10.8. The molecule has 0 heterocycles. The zero-order chi connectivity index (χ0) is 10.3. The third-order valence-corrected chi connectivity index (χ3v) is 2.87. The Morgan fingerprint density at radius 3 is 2.38 bits per heavy atom. The summed E-state index contributed by atoms with van der Waals surface area (Å²) in [7, 11) is -3.00. The van der Waals surface area contributed by atoms with Gasteiger partial charge in [-0.2, -0.15) is 0 Å². The fourth-order valence-corrected chi connectivity index (χ4v) is 1.75. The van der Waals surface area contributed by atoms with Crippen molar-refractivity contribution < 1.29 is 9.84 Å². The molecule has 0 saturated heterocycles. The van der Waals surface area contributed by atoms with Crippen LogP contribution in [0.1, 0.15) is 41.0 Å². The van der Waals surface area contributed by atoms with Crippen LogP contribution in [0, 0.1) is 5.92 Å². The molecule has 3 nitrogen and oxygen atoms in total. The van der Waals surface area contributed by atoms with E-state index in [-0.39, 0.29) is 1.43 Å². The van der Waals surface area contributed by atoms with Crippen LogP contribution in [0.25, 0.3) is 0 Å². The van der Waals surface area contributed by atoms with Gasteiger partial charge in [-0.15, -0.1) is 0 Å². The molecule has 1 N–H and O–H groups in total. The van der Waals surface area contributed by atoms with Gasteiger partial charge in [0.2, 0.25) is 10.0 Å². The minimum absolute atomic E-state index is 0. The highest BCUT2D eigenvalue weighted by Gasteiger charge is 2.08. The number of hydrogen-bond acceptors (Lipinski definition) is 2. The van der Waals surface area contributed by atoms with Gasteiger partial charge < -0.3 is 0 Å². The van der Waals surface area contributed by atoms with Crippen molar-refractivity contribution in [2.45, 2.75) is 39.5 Å². The second-order valence-electron chi connectivity index (χ2n) is 3.54. The zero-order valence-electron chi connectivity index (χ0n) is 8.84. The van der Waals surface area contributed by atoms with Crippen molar-refractivity contribution in [2.24, 2.45) is 5.92 Å². The van der Waals surface area contributed by atoms with Gasteiger partial charge in [-0.3, -0.25) is 0 Å². The molecule has 0 aliphatic rings. The maximum atomic E-state index is 10.8. The van der Waals surface area contributed by atoms with Crippen LogP contribution in [-0.2, 0) is 10.0 Å². The van der Waals surface area contributed by atoms with E-state index >= 15 is 0 Å². The van der Waals surface area contributed by atoms with Crippen molar-refractivity contribution in [1.29, 1.82) is 0 Å². The van der Waals surface area contributed by atoms with Gasteiger partial charge in [-0.1, -0.05) is 33.1 Å². The monoisotopic (exact) mass is 209 g/mol. The van der Waals surface area contributed by atoms with Crippen molar-refractivity contribution in [2.75, 3.05) is 12.8 Å². The van der Waals surface area contributed by atoms with Crippen molar-refractivity contribution in [3.05, 3.63) is 0 Å². The first-order valence-electron chi connectivity index (χ1n) is 4.94. The van der Waals surface area contributed by atoms with Crippen LogP contribution in [0.5, 0.6) is 0 Å². The molecule has 0 aromatic heterocycles. The molecule has 0 spiro atoms. The predicted octanol–water partition coefficient (Wildman–Crippen LogP) is 2.00. The van der Waals surface area contributed by atoms with Crippen LogP contribution in [-0.4, -0.2) is 21.2 Å². The molecule has 0 radical (unpaired) electrons. The summed E-state index contributed by atoms with van der Waals surface area (Å²) in [6.45, 7) is 4.84. The van der Waals surface area contributed by atoms with Crippen molar-refractivity contribution in [3.63, 3.8) is 0 Å². The van der Waals surface area contributed by atoms with Crippen LogP contribution in [0.3, 0.4) is 0 Å². The van der Waals surface area contributed by atoms with Crippen molar-refractivity contribution in [1.82, 2.24) is 4.72 Å². The van der Waals surface area contributed by atoms with E-state index in [0.717, 1.165) is 12.8 Å². The second-order valence-corrected chi connectivity index (χ2v) is 5.37. The lowest BCUT2D eigenvalue weighted by Gasteiger charge is -2.13. The molecular formula is C9H23NO2S. The summed E-state index contributed by atoms with van der Waals surface area (Å²) in [5, 5.41) is 0. The number of hydrogen-bond donors (Lipinski definition) is 1. The van der Waals surface area contributed by atoms with Gasteiger partial charge in [0.25, 0.3) is 0 Å². The minimum atomic E-state index is -3.00. The molecule has 0 rings (SSSR count). The lowest BCUT2D eigenvalue weighted by atomic mass is 10.00. The van der Waals surface area contributed by atoms with Gasteiger partial charge in [-0.25, -0.2) is 13.1 Å². The number of unbranched alkanes of at least 4 members (excludes halogenated alkanes) is 1. The summed E-state index contributed by atoms with van der Waals surface area (Å²) in [6, 6.07) is 0. The SMILES string of the molecule is CCCC[C@@H](CC)CNS(C)(=O)=O.[HH]. The molecule has 0 aromatic carbocycles. The summed E-state index contributed by atoms with van der Waals surface area (Å²) in [6.07, 6.45) is 5.73. The molecule has 13 heavy (non-hydrogen) atoms. The summed E-state index contributed by atoms with van der Waals surface area (Å²) in [5.74, 6) is 0.495. The van der Waals surface area contributed by atoms with E-state index in [4.69, 9.17) is 0 Å². The molecule has 0 amide bonds. The highest BCUT2D eigenvalue weighted by molar-refractivity contribution is 7.88. The summed E-state index contributed by atoms with van der Waals surface area (Å²) < 4.78 is 24.2. The Morgan fingerprint density at radius 2 is 2.00 bits per heavy atom.